The number of nitrogens with zero attached hydrogens (tertiary/aromatic N) is 1. The lowest BCUT2D eigenvalue weighted by Gasteiger charge is -2.17. The van der Waals surface area contributed by atoms with Gasteiger partial charge in [-0.25, -0.2) is 0 Å². The fourth-order valence-corrected chi connectivity index (χ4v) is 7.61. The van der Waals surface area contributed by atoms with Gasteiger partial charge in [0.25, 0.3) is 0 Å². The predicted molar refractivity (Wildman–Crippen MR) is 206 cm³/mol. The van der Waals surface area contributed by atoms with E-state index >= 15 is 0 Å². The van der Waals surface area contributed by atoms with Crippen LogP contribution in [0, 0.1) is 0 Å². The Balaban J connectivity index is 1.08. The molecule has 8 aromatic carbocycles. The third-order valence-electron chi connectivity index (χ3n) is 9.93. The van der Waals surface area contributed by atoms with Crippen molar-refractivity contribution in [2.75, 3.05) is 0 Å². The first-order valence-corrected chi connectivity index (χ1v) is 16.7. The molecule has 2 aromatic heterocycles. The van der Waals surface area contributed by atoms with E-state index in [0.717, 1.165) is 38.9 Å². The van der Waals surface area contributed by atoms with E-state index in [1.807, 2.05) is 6.20 Å². The van der Waals surface area contributed by atoms with Crippen LogP contribution in [0.25, 0.3) is 98.9 Å². The van der Waals surface area contributed by atoms with Gasteiger partial charge in [-0.3, -0.25) is 4.98 Å². The average Bonchev–Trinajstić information content (AvgIpc) is 3.56. The van der Waals surface area contributed by atoms with Gasteiger partial charge in [0.1, 0.15) is 11.2 Å². The maximum Gasteiger partial charge on any atom is 0.136 e. The fourth-order valence-electron chi connectivity index (χ4n) is 7.61. The van der Waals surface area contributed by atoms with E-state index in [1.54, 1.807) is 0 Å². The van der Waals surface area contributed by atoms with E-state index in [0.29, 0.717) is 0 Å². The van der Waals surface area contributed by atoms with Crippen LogP contribution in [0.5, 0.6) is 0 Å². The molecule has 0 bridgehead atoms. The molecule has 0 fully saturated rings. The van der Waals surface area contributed by atoms with Gasteiger partial charge in [-0.05, 0) is 84.4 Å². The highest BCUT2D eigenvalue weighted by molar-refractivity contribution is 6.21. The highest BCUT2D eigenvalue weighted by Crippen LogP contribution is 2.44. The topological polar surface area (TPSA) is 26.0 Å². The molecule has 0 amide bonds. The third-order valence-corrected chi connectivity index (χ3v) is 9.93. The summed E-state index contributed by atoms with van der Waals surface area (Å²) in [5.41, 5.74) is 10.9. The molecule has 0 spiro atoms. The van der Waals surface area contributed by atoms with Gasteiger partial charge in [0.05, 0.1) is 5.69 Å². The minimum Gasteiger partial charge on any atom is -0.456 e. The van der Waals surface area contributed by atoms with Crippen LogP contribution in [0.4, 0.5) is 0 Å². The van der Waals surface area contributed by atoms with Crippen LogP contribution in [0.2, 0.25) is 0 Å². The number of pyridine rings is 1. The number of fused-ring (bicyclic) bond motifs is 7. The first kappa shape index (κ1) is 27.6. The summed E-state index contributed by atoms with van der Waals surface area (Å²) >= 11 is 0. The van der Waals surface area contributed by atoms with Crippen molar-refractivity contribution >= 4 is 54.3 Å². The molecule has 0 saturated carbocycles. The largest absolute Gasteiger partial charge is 0.456 e. The summed E-state index contributed by atoms with van der Waals surface area (Å²) in [7, 11) is 0. The normalized spacial score (nSPS) is 11.7. The standard InChI is InChI=1S/C47H29NO/c1-2-10-30(11-3-1)31-18-20-33(21-19-31)45-37-14-6-8-16-39(37)46(40-17-9-7-15-38(40)45)42-26-23-35(29-48-42)34-22-25-41-44(28-34)49-43-27-24-32-12-4-5-13-36(32)47(41)43/h1-29H. The van der Waals surface area contributed by atoms with Crippen molar-refractivity contribution < 1.29 is 4.42 Å². The highest BCUT2D eigenvalue weighted by Gasteiger charge is 2.18. The summed E-state index contributed by atoms with van der Waals surface area (Å²) in [6, 6.07) is 60.5. The lowest BCUT2D eigenvalue weighted by Crippen LogP contribution is -1.92. The maximum atomic E-state index is 6.37. The third kappa shape index (κ3) is 4.46. The van der Waals surface area contributed by atoms with Crippen molar-refractivity contribution in [3.63, 3.8) is 0 Å². The lowest BCUT2D eigenvalue weighted by atomic mass is 9.87. The Kier molecular flexibility index (Phi) is 6.22. The molecule has 0 aliphatic carbocycles. The van der Waals surface area contributed by atoms with Crippen molar-refractivity contribution in [1.82, 2.24) is 4.98 Å². The van der Waals surface area contributed by atoms with Crippen LogP contribution < -0.4 is 0 Å². The van der Waals surface area contributed by atoms with Crippen molar-refractivity contribution in [3.05, 3.63) is 176 Å². The summed E-state index contributed by atoms with van der Waals surface area (Å²) in [4.78, 5) is 5.11. The molecular weight excluding hydrogens is 595 g/mol. The Hall–Kier alpha value is -6.51. The zero-order valence-electron chi connectivity index (χ0n) is 26.6. The van der Waals surface area contributed by atoms with E-state index < -0.39 is 0 Å². The molecule has 2 heterocycles. The number of rotatable bonds is 4. The minimum atomic E-state index is 0.886. The van der Waals surface area contributed by atoms with Gasteiger partial charge in [0.15, 0.2) is 0 Å². The van der Waals surface area contributed by atoms with Crippen molar-refractivity contribution in [2.24, 2.45) is 0 Å². The maximum absolute atomic E-state index is 6.37. The highest BCUT2D eigenvalue weighted by atomic mass is 16.3. The van der Waals surface area contributed by atoms with Gasteiger partial charge < -0.3 is 4.42 Å². The number of furan rings is 1. The first-order chi connectivity index (χ1) is 24.3. The molecule has 0 aliphatic heterocycles. The van der Waals surface area contributed by atoms with Gasteiger partial charge in [0.2, 0.25) is 0 Å². The van der Waals surface area contributed by atoms with Crippen LogP contribution >= 0.6 is 0 Å². The van der Waals surface area contributed by atoms with Gasteiger partial charge in [-0.15, -0.1) is 0 Å². The van der Waals surface area contributed by atoms with Gasteiger partial charge in [0, 0.05) is 28.1 Å². The lowest BCUT2D eigenvalue weighted by molar-refractivity contribution is 0.669. The molecule has 10 rings (SSSR count). The molecule has 0 saturated heterocycles. The zero-order valence-corrected chi connectivity index (χ0v) is 26.6. The molecule has 0 unspecified atom stereocenters. The SMILES string of the molecule is c1ccc(-c2ccc(-c3c4ccccc4c(-c4ccc(-c5ccc6c(c5)oc5ccc7ccccc7c56)cn4)c4ccccc34)cc2)cc1. The Morgan fingerprint density at radius 1 is 0.347 bits per heavy atom. The van der Waals surface area contributed by atoms with Crippen LogP contribution in [0.3, 0.4) is 0 Å². The summed E-state index contributed by atoms with van der Waals surface area (Å²) < 4.78 is 6.37. The number of benzene rings is 8. The van der Waals surface area contributed by atoms with Crippen LogP contribution in [0.1, 0.15) is 0 Å². The second-order valence-corrected chi connectivity index (χ2v) is 12.7. The smallest absolute Gasteiger partial charge is 0.136 e. The van der Waals surface area contributed by atoms with Gasteiger partial charge in [-0.1, -0.05) is 146 Å². The second-order valence-electron chi connectivity index (χ2n) is 12.7. The molecule has 10 aromatic rings. The van der Waals surface area contributed by atoms with Crippen LogP contribution in [0.15, 0.2) is 180 Å². The van der Waals surface area contributed by atoms with E-state index in [2.05, 4.69) is 170 Å². The average molecular weight is 624 g/mol. The molecular formula is C47H29NO. The molecule has 0 atom stereocenters. The molecule has 49 heavy (non-hydrogen) atoms. The van der Waals surface area contributed by atoms with Gasteiger partial charge in [-0.2, -0.15) is 0 Å². The van der Waals surface area contributed by atoms with E-state index in [-0.39, 0.29) is 0 Å². The zero-order chi connectivity index (χ0) is 32.3. The first-order valence-electron chi connectivity index (χ1n) is 16.7. The second kappa shape index (κ2) is 11.0. The molecule has 0 N–H and O–H groups in total. The quantitative estimate of drug-likeness (QED) is 0.182. The Labute approximate surface area is 283 Å². The van der Waals surface area contributed by atoms with Crippen molar-refractivity contribution in [1.29, 1.82) is 0 Å². The molecule has 2 nitrogen and oxygen atoms in total. The number of hydrogen-bond acceptors (Lipinski definition) is 2. The Bertz CT molecular complexity index is 2790. The monoisotopic (exact) mass is 623 g/mol. The minimum absolute atomic E-state index is 0.886. The fraction of sp³-hybridized carbons (Fsp3) is 0. The molecule has 0 aliphatic rings. The number of hydrogen-bond donors (Lipinski definition) is 0. The summed E-state index contributed by atoms with van der Waals surface area (Å²) in [6.07, 6.45) is 1.99. The molecule has 228 valence electrons. The number of aromatic nitrogens is 1. The molecule has 2 heteroatoms. The van der Waals surface area contributed by atoms with E-state index in [4.69, 9.17) is 9.40 Å². The van der Waals surface area contributed by atoms with E-state index in [1.165, 1.54) is 60.0 Å². The summed E-state index contributed by atoms with van der Waals surface area (Å²) in [6.45, 7) is 0. The van der Waals surface area contributed by atoms with Crippen molar-refractivity contribution in [2.45, 2.75) is 0 Å². The summed E-state index contributed by atoms with van der Waals surface area (Å²) in [5.74, 6) is 0. The Morgan fingerprint density at radius 3 is 1.61 bits per heavy atom. The van der Waals surface area contributed by atoms with Crippen LogP contribution in [-0.4, -0.2) is 4.98 Å². The molecule has 0 radical (unpaired) electrons. The van der Waals surface area contributed by atoms with Crippen LogP contribution in [-0.2, 0) is 0 Å². The van der Waals surface area contributed by atoms with E-state index in [9.17, 15) is 0 Å². The summed E-state index contributed by atoms with van der Waals surface area (Å²) in [5, 5.41) is 9.56. The Morgan fingerprint density at radius 2 is 0.918 bits per heavy atom. The predicted octanol–water partition coefficient (Wildman–Crippen LogP) is 13.1. The van der Waals surface area contributed by atoms with Crippen molar-refractivity contribution in [3.8, 4) is 44.6 Å². The van der Waals surface area contributed by atoms with Gasteiger partial charge >= 0.3 is 0 Å².